The molecular formula is C36H48ClN5O8. The molecule has 3 aliphatic carbocycles. The van der Waals surface area contributed by atoms with Gasteiger partial charge in [0.2, 0.25) is 17.7 Å². The number of benzene rings is 1. The van der Waals surface area contributed by atoms with Gasteiger partial charge in [-0.05, 0) is 61.5 Å². The van der Waals surface area contributed by atoms with E-state index in [1.165, 1.54) is 11.3 Å². The number of hydrogen-bond donors (Lipinski definition) is 2. The van der Waals surface area contributed by atoms with Gasteiger partial charge in [-0.25, -0.2) is 9.78 Å². The highest BCUT2D eigenvalue weighted by atomic mass is 35.5. The molecular weight excluding hydrogens is 666 g/mol. The van der Waals surface area contributed by atoms with Crippen LogP contribution in [0.15, 0.2) is 18.2 Å². The van der Waals surface area contributed by atoms with Crippen molar-refractivity contribution in [1.82, 2.24) is 20.1 Å². The summed E-state index contributed by atoms with van der Waals surface area (Å²) in [6.07, 6.45) is 3.72. The van der Waals surface area contributed by atoms with E-state index < -0.39 is 41.5 Å². The molecule has 3 heterocycles. The molecule has 0 bridgehead atoms. The molecule has 5 aliphatic rings. The van der Waals surface area contributed by atoms with Crippen LogP contribution in [0.1, 0.15) is 59.3 Å². The smallest absolute Gasteiger partial charge is 0.408 e. The second-order valence-corrected chi connectivity index (χ2v) is 15.8. The van der Waals surface area contributed by atoms with E-state index in [1.807, 2.05) is 26.8 Å². The lowest BCUT2D eigenvalue weighted by atomic mass is 9.85. The van der Waals surface area contributed by atoms with Crippen molar-refractivity contribution in [3.63, 3.8) is 0 Å². The lowest BCUT2D eigenvalue weighted by molar-refractivity contribution is -0.141. The number of alkyl carbamates (subject to hydrolysis) is 1. The van der Waals surface area contributed by atoms with Crippen molar-refractivity contribution in [2.24, 2.45) is 23.0 Å². The molecule has 2 saturated heterocycles. The summed E-state index contributed by atoms with van der Waals surface area (Å²) in [6, 6.07) is 3.48. The van der Waals surface area contributed by atoms with E-state index in [2.05, 4.69) is 10.2 Å². The van der Waals surface area contributed by atoms with E-state index in [4.69, 9.17) is 46.0 Å². The van der Waals surface area contributed by atoms with E-state index in [1.54, 1.807) is 12.1 Å². The number of nitrogens with two attached hydrogens (primary N) is 1. The molecule has 7 rings (SSSR count). The number of halogens is 1. The number of morpholine rings is 1. The minimum Gasteiger partial charge on any atom is -0.491 e. The number of amides is 3. The maximum Gasteiger partial charge on any atom is 0.408 e. The van der Waals surface area contributed by atoms with Crippen molar-refractivity contribution >= 4 is 40.4 Å². The van der Waals surface area contributed by atoms with Gasteiger partial charge in [0.1, 0.15) is 59.0 Å². The maximum absolute atomic E-state index is 14.1. The number of ether oxygens (including phenoxy) is 5. The van der Waals surface area contributed by atoms with Crippen LogP contribution in [0.25, 0.3) is 10.9 Å². The molecule has 13 nitrogen and oxygen atoms in total. The van der Waals surface area contributed by atoms with Gasteiger partial charge in [-0.15, -0.1) is 0 Å². The number of pyridine rings is 1. The lowest BCUT2D eigenvalue weighted by Crippen LogP contribution is -2.57. The van der Waals surface area contributed by atoms with Crippen LogP contribution in [-0.4, -0.2) is 109 Å². The van der Waals surface area contributed by atoms with Crippen LogP contribution >= 0.6 is 11.6 Å². The highest BCUT2D eigenvalue weighted by molar-refractivity contribution is 6.36. The van der Waals surface area contributed by atoms with Gasteiger partial charge < -0.3 is 39.6 Å². The zero-order chi connectivity index (χ0) is 35.2. The molecule has 2 aromatic rings. The van der Waals surface area contributed by atoms with E-state index in [9.17, 15) is 14.4 Å². The summed E-state index contributed by atoms with van der Waals surface area (Å²) in [4.78, 5) is 48.3. The number of rotatable bonds is 12. The van der Waals surface area contributed by atoms with Crippen LogP contribution in [0.2, 0.25) is 5.02 Å². The molecule has 3 saturated carbocycles. The molecule has 14 heteroatoms. The normalized spacial score (nSPS) is 27.0. The van der Waals surface area contributed by atoms with Crippen LogP contribution in [0, 0.1) is 17.3 Å². The van der Waals surface area contributed by atoms with Gasteiger partial charge in [0.15, 0.2) is 0 Å². The molecule has 3 amide bonds. The van der Waals surface area contributed by atoms with Gasteiger partial charge in [-0.1, -0.05) is 32.4 Å². The number of carbonyl (C=O) groups excluding carboxylic acids is 3. The first-order valence-corrected chi connectivity index (χ1v) is 18.3. The molecule has 6 atom stereocenters. The molecule has 1 aromatic carbocycles. The number of nitrogens with zero attached hydrogens (tertiary/aromatic N) is 3. The van der Waals surface area contributed by atoms with Crippen molar-refractivity contribution in [1.29, 1.82) is 0 Å². The number of nitrogens with one attached hydrogen (secondary N) is 1. The minimum absolute atomic E-state index is 0.0752. The summed E-state index contributed by atoms with van der Waals surface area (Å²) in [5.74, 6) is 1.56. The largest absolute Gasteiger partial charge is 0.491 e. The third-order valence-electron chi connectivity index (χ3n) is 10.4. The topological polar surface area (TPSA) is 155 Å². The van der Waals surface area contributed by atoms with Gasteiger partial charge in [0.25, 0.3) is 0 Å². The van der Waals surface area contributed by atoms with Crippen LogP contribution in [0.4, 0.5) is 4.79 Å². The monoisotopic (exact) mass is 713 g/mol. The lowest BCUT2D eigenvalue weighted by Gasteiger charge is -2.35. The van der Waals surface area contributed by atoms with Gasteiger partial charge in [0.05, 0.1) is 19.8 Å². The summed E-state index contributed by atoms with van der Waals surface area (Å²) in [5.41, 5.74) is 5.64. The molecule has 0 radical (unpaired) electrons. The van der Waals surface area contributed by atoms with E-state index in [0.29, 0.717) is 65.0 Å². The van der Waals surface area contributed by atoms with Crippen molar-refractivity contribution < 1.29 is 38.1 Å². The number of carbonyl (C=O) groups is 3. The fourth-order valence-corrected chi connectivity index (χ4v) is 7.63. The Hall–Kier alpha value is -3.55. The van der Waals surface area contributed by atoms with E-state index >= 15 is 0 Å². The van der Waals surface area contributed by atoms with Crippen molar-refractivity contribution in [2.45, 2.75) is 89.7 Å². The molecule has 3 N–H and O–H groups in total. The Bertz CT molecular complexity index is 1600. The molecule has 0 unspecified atom stereocenters. The van der Waals surface area contributed by atoms with Gasteiger partial charge in [-0.3, -0.25) is 14.5 Å². The maximum atomic E-state index is 14.1. The van der Waals surface area contributed by atoms with Gasteiger partial charge >= 0.3 is 6.09 Å². The first-order chi connectivity index (χ1) is 23.9. The predicted octanol–water partition coefficient (Wildman–Crippen LogP) is 3.91. The van der Waals surface area contributed by atoms with Gasteiger partial charge in [0, 0.05) is 37.5 Å². The average Bonchev–Trinajstić information content (AvgIpc) is 3.95. The first-order valence-electron chi connectivity index (χ1n) is 17.9. The van der Waals surface area contributed by atoms with Crippen molar-refractivity contribution in [2.75, 3.05) is 46.0 Å². The molecule has 0 spiro atoms. The molecule has 50 heavy (non-hydrogen) atoms. The third-order valence-corrected chi connectivity index (χ3v) is 10.8. The Morgan fingerprint density at radius 3 is 2.44 bits per heavy atom. The molecule has 1 aromatic heterocycles. The second-order valence-electron chi connectivity index (χ2n) is 15.4. The van der Waals surface area contributed by atoms with E-state index in [-0.39, 0.29) is 25.2 Å². The number of likely N-dealkylation sites (tertiary alicyclic amines) is 1. The average molecular weight is 714 g/mol. The Balaban J connectivity index is 1.07. The fourth-order valence-electron chi connectivity index (χ4n) is 7.37. The fraction of sp³-hybridized carbons (Fsp3) is 0.667. The summed E-state index contributed by atoms with van der Waals surface area (Å²) in [7, 11) is 0. The molecule has 2 aliphatic heterocycles. The van der Waals surface area contributed by atoms with Crippen molar-refractivity contribution in [3.05, 3.63) is 23.2 Å². The minimum atomic E-state index is -0.952. The third kappa shape index (κ3) is 8.00. The van der Waals surface area contributed by atoms with Crippen LogP contribution in [0.3, 0.4) is 0 Å². The standard InChI is InChI=1S/C36H48ClN5O8/c1-36(2,3)32(40-35(45)50-23-15-20-14-21(20)16-23)34(44)42-19-24(17-26(42)33(38)43)48-28-18-29(49-22-4-5-22)39-31-25(28)6-7-27(30(31)37)47-13-10-41-8-11-46-12-9-41/h6-7,18,20-24,26,32H,4-5,8-17,19H2,1-3H3,(H2,38,43)(H,40,45)/t20-,21+,23+,24-,26+,32-/m1/s1. The van der Waals surface area contributed by atoms with Gasteiger partial charge in [-0.2, -0.15) is 0 Å². The van der Waals surface area contributed by atoms with E-state index in [0.717, 1.165) is 45.3 Å². The highest BCUT2D eigenvalue weighted by Gasteiger charge is 2.48. The zero-order valence-corrected chi connectivity index (χ0v) is 29.8. The Morgan fingerprint density at radius 1 is 1.02 bits per heavy atom. The van der Waals surface area contributed by atoms with Crippen molar-refractivity contribution in [3.8, 4) is 17.4 Å². The second kappa shape index (κ2) is 14.2. The number of fused-ring (bicyclic) bond motifs is 2. The highest BCUT2D eigenvalue weighted by Crippen LogP contribution is 2.52. The summed E-state index contributed by atoms with van der Waals surface area (Å²) < 4.78 is 29.8. The molecule has 272 valence electrons. The van der Waals surface area contributed by atoms with Crippen LogP contribution in [-0.2, 0) is 19.1 Å². The summed E-state index contributed by atoms with van der Waals surface area (Å²) in [5, 5.41) is 3.79. The number of hydrogen-bond acceptors (Lipinski definition) is 10. The predicted molar refractivity (Wildman–Crippen MR) is 184 cm³/mol. The number of aromatic nitrogens is 1. The Labute approximate surface area is 297 Å². The Morgan fingerprint density at radius 2 is 1.76 bits per heavy atom. The SMILES string of the molecule is CC(C)(C)[C@H](NC(=O)O[C@@H]1C[C@@H]2C[C@@H]2C1)C(=O)N1C[C@H](Oc2cc(OC3CC3)nc3c(Cl)c(OCCN4CCOCC4)ccc23)C[C@H]1C(N)=O. The molecule has 5 fully saturated rings. The quantitative estimate of drug-likeness (QED) is 0.331. The summed E-state index contributed by atoms with van der Waals surface area (Å²) in [6.45, 7) is 10.0. The number of primary amides is 1. The first kappa shape index (κ1) is 34.9. The summed E-state index contributed by atoms with van der Waals surface area (Å²) >= 11 is 6.90. The Kier molecular flexibility index (Phi) is 9.92. The zero-order valence-electron chi connectivity index (χ0n) is 29.0. The van der Waals surface area contributed by atoms with Crippen LogP contribution in [0.5, 0.6) is 17.4 Å². The van der Waals surface area contributed by atoms with Crippen LogP contribution < -0.4 is 25.3 Å².